The van der Waals surface area contributed by atoms with Crippen LogP contribution in [0.4, 0.5) is 5.69 Å². The number of nitrogens with two attached hydrogens (primary N) is 1. The molecule has 1 aliphatic rings. The summed E-state index contributed by atoms with van der Waals surface area (Å²) in [7, 11) is 0. The van der Waals surface area contributed by atoms with Crippen LogP contribution in [-0.2, 0) is 14.3 Å². The smallest absolute Gasteiger partial charge is 0.261 e. The Morgan fingerprint density at radius 2 is 1.75 bits per heavy atom. The molecule has 0 aromatic heterocycles. The molecule has 148 valence electrons. The van der Waals surface area contributed by atoms with Crippen molar-refractivity contribution in [3.05, 3.63) is 41.5 Å². The molecule has 0 unspecified atom stereocenters. The Labute approximate surface area is 161 Å². The third kappa shape index (κ3) is 4.11. The molecular formula is C19H21N3O6. The van der Waals surface area contributed by atoms with Gasteiger partial charge in [-0.15, -0.1) is 0 Å². The molecule has 0 saturated heterocycles. The SMILES string of the molecule is Nc1cc2c3c(cccc3c1)C(=O)N(CCOCCOCCC(=O)NO)C2=O. The lowest BCUT2D eigenvalue weighted by molar-refractivity contribution is -0.130. The summed E-state index contributed by atoms with van der Waals surface area (Å²) in [5.74, 6) is -1.28. The average Bonchev–Trinajstić information content (AvgIpc) is 2.69. The maximum absolute atomic E-state index is 12.8. The van der Waals surface area contributed by atoms with Gasteiger partial charge in [-0.2, -0.15) is 0 Å². The summed E-state index contributed by atoms with van der Waals surface area (Å²) in [4.78, 5) is 37.5. The number of anilines is 1. The van der Waals surface area contributed by atoms with Crippen molar-refractivity contribution >= 4 is 34.2 Å². The maximum atomic E-state index is 12.8. The number of hydrogen-bond donors (Lipinski definition) is 3. The van der Waals surface area contributed by atoms with Gasteiger partial charge in [-0.25, -0.2) is 5.48 Å². The first-order valence-electron chi connectivity index (χ1n) is 8.80. The van der Waals surface area contributed by atoms with Crippen molar-refractivity contribution < 1.29 is 29.1 Å². The van der Waals surface area contributed by atoms with Crippen LogP contribution >= 0.6 is 0 Å². The molecule has 0 bridgehead atoms. The average molecular weight is 387 g/mol. The summed E-state index contributed by atoms with van der Waals surface area (Å²) in [5.41, 5.74) is 8.75. The number of benzene rings is 2. The lowest BCUT2D eigenvalue weighted by Gasteiger charge is -2.27. The molecule has 9 nitrogen and oxygen atoms in total. The van der Waals surface area contributed by atoms with Gasteiger partial charge in [-0.1, -0.05) is 12.1 Å². The topological polar surface area (TPSA) is 131 Å². The second-order valence-corrected chi connectivity index (χ2v) is 6.24. The van der Waals surface area contributed by atoms with Crippen LogP contribution in [0, 0.1) is 0 Å². The zero-order chi connectivity index (χ0) is 20.1. The Morgan fingerprint density at radius 1 is 1.04 bits per heavy atom. The normalized spacial score (nSPS) is 13.2. The first-order valence-corrected chi connectivity index (χ1v) is 8.80. The van der Waals surface area contributed by atoms with Crippen molar-refractivity contribution in [1.29, 1.82) is 0 Å². The summed E-state index contributed by atoms with van der Waals surface area (Å²) >= 11 is 0. The monoisotopic (exact) mass is 387 g/mol. The highest BCUT2D eigenvalue weighted by Crippen LogP contribution is 2.31. The van der Waals surface area contributed by atoms with E-state index in [2.05, 4.69) is 0 Å². The molecule has 3 rings (SSSR count). The van der Waals surface area contributed by atoms with Crippen LogP contribution in [0.3, 0.4) is 0 Å². The van der Waals surface area contributed by atoms with E-state index < -0.39 is 11.8 Å². The van der Waals surface area contributed by atoms with Crippen LogP contribution in [0.15, 0.2) is 30.3 Å². The molecule has 1 aliphatic heterocycles. The molecule has 9 heteroatoms. The van der Waals surface area contributed by atoms with Gasteiger partial charge < -0.3 is 15.2 Å². The highest BCUT2D eigenvalue weighted by atomic mass is 16.5. The Morgan fingerprint density at radius 3 is 2.50 bits per heavy atom. The highest BCUT2D eigenvalue weighted by Gasteiger charge is 2.32. The van der Waals surface area contributed by atoms with Crippen molar-refractivity contribution in [3.63, 3.8) is 0 Å². The number of ether oxygens (including phenoxy) is 2. The zero-order valence-corrected chi connectivity index (χ0v) is 15.1. The van der Waals surface area contributed by atoms with Gasteiger partial charge in [0.2, 0.25) is 5.91 Å². The number of rotatable bonds is 9. The Bertz CT molecular complexity index is 914. The van der Waals surface area contributed by atoms with Gasteiger partial charge in [0.15, 0.2) is 0 Å². The second-order valence-electron chi connectivity index (χ2n) is 6.24. The number of carbonyl (C=O) groups excluding carboxylic acids is 3. The minimum Gasteiger partial charge on any atom is -0.399 e. The third-order valence-electron chi connectivity index (χ3n) is 4.38. The van der Waals surface area contributed by atoms with Crippen molar-refractivity contribution in [3.8, 4) is 0 Å². The van der Waals surface area contributed by atoms with Gasteiger partial charge in [-0.3, -0.25) is 24.5 Å². The van der Waals surface area contributed by atoms with Gasteiger partial charge in [0.1, 0.15) is 0 Å². The molecule has 0 fully saturated rings. The van der Waals surface area contributed by atoms with E-state index in [1.807, 2.05) is 6.07 Å². The number of amides is 3. The summed E-state index contributed by atoms with van der Waals surface area (Å²) in [6.45, 7) is 0.914. The van der Waals surface area contributed by atoms with E-state index >= 15 is 0 Å². The zero-order valence-electron chi connectivity index (χ0n) is 15.1. The summed E-state index contributed by atoms with van der Waals surface area (Å²) in [6.07, 6.45) is 0.0430. The van der Waals surface area contributed by atoms with Crippen LogP contribution in [0.5, 0.6) is 0 Å². The summed E-state index contributed by atoms with van der Waals surface area (Å²) < 4.78 is 10.6. The van der Waals surface area contributed by atoms with Crippen LogP contribution in [-0.4, -0.2) is 60.8 Å². The predicted octanol–water partition coefficient (Wildman–Crippen LogP) is 0.947. The predicted molar refractivity (Wildman–Crippen MR) is 99.9 cm³/mol. The first-order chi connectivity index (χ1) is 13.5. The molecule has 0 radical (unpaired) electrons. The minimum atomic E-state index is -0.529. The van der Waals surface area contributed by atoms with E-state index in [-0.39, 0.29) is 45.3 Å². The number of hydrogen-bond acceptors (Lipinski definition) is 7. The van der Waals surface area contributed by atoms with E-state index in [0.29, 0.717) is 22.2 Å². The van der Waals surface area contributed by atoms with Crippen LogP contribution in [0.2, 0.25) is 0 Å². The Kier molecular flexibility index (Phi) is 6.19. The van der Waals surface area contributed by atoms with Crippen molar-refractivity contribution in [2.24, 2.45) is 0 Å². The number of hydroxylamine groups is 1. The van der Waals surface area contributed by atoms with E-state index in [0.717, 1.165) is 10.3 Å². The maximum Gasteiger partial charge on any atom is 0.261 e. The second kappa shape index (κ2) is 8.79. The van der Waals surface area contributed by atoms with E-state index in [4.69, 9.17) is 20.4 Å². The van der Waals surface area contributed by atoms with Crippen LogP contribution in [0.25, 0.3) is 10.8 Å². The number of nitrogens with one attached hydrogen (secondary N) is 1. The summed E-state index contributed by atoms with van der Waals surface area (Å²) in [6, 6.07) is 8.61. The van der Waals surface area contributed by atoms with Gasteiger partial charge in [0, 0.05) is 16.6 Å². The first kappa shape index (κ1) is 19.7. The van der Waals surface area contributed by atoms with Crippen molar-refractivity contribution in [2.45, 2.75) is 6.42 Å². The molecule has 0 spiro atoms. The molecule has 0 atom stereocenters. The quantitative estimate of drug-likeness (QED) is 0.192. The van der Waals surface area contributed by atoms with Gasteiger partial charge >= 0.3 is 0 Å². The molecule has 0 saturated carbocycles. The van der Waals surface area contributed by atoms with Crippen LogP contribution in [0.1, 0.15) is 27.1 Å². The highest BCUT2D eigenvalue weighted by molar-refractivity contribution is 6.25. The molecular weight excluding hydrogens is 366 g/mol. The van der Waals surface area contributed by atoms with Crippen molar-refractivity contribution in [2.75, 3.05) is 38.7 Å². The largest absolute Gasteiger partial charge is 0.399 e. The summed E-state index contributed by atoms with van der Waals surface area (Å²) in [5, 5.41) is 9.74. The van der Waals surface area contributed by atoms with Crippen LogP contribution < -0.4 is 11.2 Å². The lowest BCUT2D eigenvalue weighted by Crippen LogP contribution is -2.42. The van der Waals surface area contributed by atoms with Gasteiger partial charge in [0.05, 0.1) is 45.0 Å². The van der Waals surface area contributed by atoms with E-state index in [9.17, 15) is 14.4 Å². The fourth-order valence-corrected chi connectivity index (χ4v) is 3.08. The van der Waals surface area contributed by atoms with Gasteiger partial charge in [-0.05, 0) is 23.6 Å². The molecule has 4 N–H and O–H groups in total. The molecule has 1 heterocycles. The van der Waals surface area contributed by atoms with Gasteiger partial charge in [0.25, 0.3) is 11.8 Å². The Balaban J connectivity index is 1.54. The standard InChI is InChI=1S/C19H21N3O6/c20-13-10-12-2-1-3-14-17(12)15(11-13)19(25)22(18(14)24)5-7-28-9-8-27-6-4-16(23)21-26/h1-3,10-11,26H,4-9,20H2,(H,21,23). The number of imide groups is 1. The van der Waals surface area contributed by atoms with E-state index in [1.165, 1.54) is 5.48 Å². The molecule has 28 heavy (non-hydrogen) atoms. The minimum absolute atomic E-state index is 0.0430. The fraction of sp³-hybridized carbons (Fsp3) is 0.316. The molecule has 0 aliphatic carbocycles. The number of nitrogens with zero attached hydrogens (tertiary/aromatic N) is 1. The number of carbonyl (C=O) groups is 3. The Hall–Kier alpha value is -3.01. The fourth-order valence-electron chi connectivity index (χ4n) is 3.08. The number of nitrogen functional groups attached to an aromatic ring is 1. The van der Waals surface area contributed by atoms with Crippen molar-refractivity contribution in [1.82, 2.24) is 10.4 Å². The van der Waals surface area contributed by atoms with E-state index in [1.54, 1.807) is 24.3 Å². The third-order valence-corrected chi connectivity index (χ3v) is 4.38. The molecule has 2 aromatic carbocycles. The molecule has 3 amide bonds. The lowest BCUT2D eigenvalue weighted by atomic mass is 9.93. The molecule has 2 aromatic rings.